The Bertz CT molecular complexity index is 854. The number of likely N-dealkylation sites (tertiary alicyclic amines) is 1. The van der Waals surface area contributed by atoms with Gasteiger partial charge in [0.2, 0.25) is 17.7 Å². The maximum absolute atomic E-state index is 14.2. The molecule has 0 aromatic rings. The van der Waals surface area contributed by atoms with E-state index >= 15 is 0 Å². The van der Waals surface area contributed by atoms with Crippen LogP contribution in [-0.2, 0) is 14.4 Å². The molecular weight excluding hydrogens is 474 g/mol. The summed E-state index contributed by atoms with van der Waals surface area (Å²) >= 11 is 1.69. The quantitative estimate of drug-likeness (QED) is 0.407. The maximum Gasteiger partial charge on any atom is 0.244 e. The Morgan fingerprint density at radius 2 is 1.83 bits per heavy atom. The van der Waals surface area contributed by atoms with E-state index in [-0.39, 0.29) is 46.8 Å². The fourth-order valence-corrected chi connectivity index (χ4v) is 9.82. The molecule has 7 nitrogen and oxygen atoms in total. The molecule has 3 unspecified atom stereocenters. The van der Waals surface area contributed by atoms with E-state index in [4.69, 9.17) is 0 Å². The third kappa shape index (κ3) is 5.31. The van der Waals surface area contributed by atoms with Crippen molar-refractivity contribution < 1.29 is 19.5 Å². The van der Waals surface area contributed by atoms with Crippen LogP contribution in [-0.4, -0.2) is 68.5 Å². The number of hydrogen-bond acceptors (Lipinski definition) is 5. The highest BCUT2D eigenvalue weighted by Gasteiger charge is 2.76. The van der Waals surface area contributed by atoms with Crippen molar-refractivity contribution in [2.75, 3.05) is 13.2 Å². The van der Waals surface area contributed by atoms with Gasteiger partial charge in [0.1, 0.15) is 6.04 Å². The molecule has 7 atom stereocenters. The largest absolute Gasteiger partial charge is 0.394 e. The fraction of sp³-hybridized carbons (Fsp3) is 0.893. The second kappa shape index (κ2) is 10.5. The van der Waals surface area contributed by atoms with Crippen LogP contribution < -0.4 is 10.6 Å². The molecule has 3 heterocycles. The highest BCUT2D eigenvalue weighted by Crippen LogP contribution is 2.68. The van der Waals surface area contributed by atoms with Crippen molar-refractivity contribution >= 4 is 29.5 Å². The van der Waals surface area contributed by atoms with Crippen molar-refractivity contribution in [3.8, 4) is 0 Å². The molecule has 3 aliphatic rings. The molecule has 0 aromatic heterocycles. The molecule has 3 rings (SSSR count). The molecule has 3 aliphatic heterocycles. The number of carbonyl (C=O) groups is 3. The van der Waals surface area contributed by atoms with Crippen molar-refractivity contribution in [1.29, 1.82) is 0 Å². The van der Waals surface area contributed by atoms with Gasteiger partial charge in [0, 0.05) is 17.3 Å². The predicted octanol–water partition coefficient (Wildman–Crippen LogP) is 3.59. The number of nitrogens with one attached hydrogen (secondary N) is 2. The lowest BCUT2D eigenvalue weighted by Gasteiger charge is -2.42. The molecular formula is C28H49N3O4S. The van der Waals surface area contributed by atoms with Crippen LogP contribution in [0.1, 0.15) is 88.0 Å². The highest BCUT2D eigenvalue weighted by atomic mass is 32.2. The molecule has 0 aliphatic carbocycles. The van der Waals surface area contributed by atoms with Gasteiger partial charge in [-0.15, -0.1) is 11.8 Å². The zero-order chi connectivity index (χ0) is 27.2. The standard InChI is InChI=1S/C28H49N3O4S/c1-10-11-29-23(33)20-19-13-17(4)28(36-19)21(20)25(35)31(18(14-32)12-16(2)3)22(28)24(34)30-27(8,9)15-26(5,6)7/h16-22,32H,10-15H2,1-9H3,(H,29,33)(H,30,34)/t17?,18-,19-,20+,21+,22?,28?/m1/s1. The van der Waals surface area contributed by atoms with Crippen LogP contribution in [0.2, 0.25) is 0 Å². The van der Waals surface area contributed by atoms with Crippen LogP contribution in [0.25, 0.3) is 0 Å². The van der Waals surface area contributed by atoms with Gasteiger partial charge < -0.3 is 20.6 Å². The fourth-order valence-electron chi connectivity index (χ4n) is 7.41. The van der Waals surface area contributed by atoms with Crippen LogP contribution in [0.4, 0.5) is 0 Å². The lowest BCUT2D eigenvalue weighted by Crippen LogP contribution is -2.61. The molecule has 0 radical (unpaired) electrons. The van der Waals surface area contributed by atoms with Crippen LogP contribution in [0.15, 0.2) is 0 Å². The van der Waals surface area contributed by atoms with Crippen LogP contribution in [0.3, 0.4) is 0 Å². The number of thioether (sulfide) groups is 1. The summed E-state index contributed by atoms with van der Waals surface area (Å²) in [5.41, 5.74) is -0.446. The van der Waals surface area contributed by atoms with E-state index in [1.54, 1.807) is 16.7 Å². The van der Waals surface area contributed by atoms with Crippen LogP contribution in [0.5, 0.6) is 0 Å². The van der Waals surface area contributed by atoms with Crippen molar-refractivity contribution in [3.05, 3.63) is 0 Å². The van der Waals surface area contributed by atoms with Gasteiger partial charge in [0.05, 0.1) is 29.2 Å². The second-order valence-electron chi connectivity index (χ2n) is 13.7. The number of aliphatic hydroxyl groups excluding tert-OH is 1. The number of amides is 3. The summed E-state index contributed by atoms with van der Waals surface area (Å²) in [6, 6.07) is -1.16. The minimum Gasteiger partial charge on any atom is -0.394 e. The molecule has 36 heavy (non-hydrogen) atoms. The Labute approximate surface area is 222 Å². The van der Waals surface area contributed by atoms with Gasteiger partial charge in [-0.05, 0) is 56.8 Å². The van der Waals surface area contributed by atoms with Crippen molar-refractivity contribution in [1.82, 2.24) is 15.5 Å². The van der Waals surface area contributed by atoms with Gasteiger partial charge in [0.25, 0.3) is 0 Å². The van der Waals surface area contributed by atoms with E-state index in [9.17, 15) is 19.5 Å². The normalized spacial score (nSPS) is 32.7. The molecule has 0 aromatic carbocycles. The summed E-state index contributed by atoms with van der Waals surface area (Å²) in [4.78, 5) is 43.5. The monoisotopic (exact) mass is 523 g/mol. The summed E-state index contributed by atoms with van der Waals surface area (Å²) < 4.78 is -0.664. The molecule has 3 N–H and O–H groups in total. The number of aliphatic hydroxyl groups is 1. The lowest BCUT2D eigenvalue weighted by atomic mass is 9.65. The molecule has 3 saturated heterocycles. The van der Waals surface area contributed by atoms with Gasteiger partial charge in [-0.3, -0.25) is 14.4 Å². The molecule has 206 valence electrons. The lowest BCUT2D eigenvalue weighted by molar-refractivity contribution is -0.143. The average molecular weight is 524 g/mol. The van der Waals surface area contributed by atoms with Gasteiger partial charge in [-0.2, -0.15) is 0 Å². The predicted molar refractivity (Wildman–Crippen MR) is 145 cm³/mol. The summed E-state index contributed by atoms with van der Waals surface area (Å²) in [7, 11) is 0. The van der Waals surface area contributed by atoms with Gasteiger partial charge >= 0.3 is 0 Å². The summed E-state index contributed by atoms with van der Waals surface area (Å²) in [6.07, 6.45) is 3.04. The Balaban J connectivity index is 2.06. The van der Waals surface area contributed by atoms with E-state index in [1.165, 1.54) is 0 Å². The van der Waals surface area contributed by atoms with E-state index in [1.807, 2.05) is 20.8 Å². The first kappa shape index (κ1) is 29.3. The Morgan fingerprint density at radius 3 is 2.36 bits per heavy atom. The van der Waals surface area contributed by atoms with Crippen LogP contribution >= 0.6 is 11.8 Å². The maximum atomic E-state index is 14.2. The van der Waals surface area contributed by atoms with E-state index in [0.29, 0.717) is 13.0 Å². The third-order valence-electron chi connectivity index (χ3n) is 8.07. The first-order valence-corrected chi connectivity index (χ1v) is 14.7. The smallest absolute Gasteiger partial charge is 0.244 e. The summed E-state index contributed by atoms with van der Waals surface area (Å²) in [5.74, 6) is -0.985. The SMILES string of the molecule is CCCNC(=O)[C@@H]1[C@H]2C(=O)N([C@@H](CO)CC(C)C)C(C(=O)NC(C)(C)CC(C)(C)C)C23S[C@@H]1CC3C. The number of hydrogen-bond donors (Lipinski definition) is 3. The Morgan fingerprint density at radius 1 is 1.19 bits per heavy atom. The minimum atomic E-state index is -0.709. The number of rotatable bonds is 10. The second-order valence-corrected chi connectivity index (χ2v) is 15.2. The van der Waals surface area contributed by atoms with Gasteiger partial charge in [-0.25, -0.2) is 0 Å². The molecule has 8 heteroatoms. The third-order valence-corrected chi connectivity index (χ3v) is 10.1. The molecule has 0 saturated carbocycles. The van der Waals surface area contributed by atoms with Gasteiger partial charge in [0.15, 0.2) is 0 Å². The summed E-state index contributed by atoms with van der Waals surface area (Å²) in [5, 5.41) is 16.8. The number of carbonyl (C=O) groups excluding carboxylic acids is 3. The van der Waals surface area contributed by atoms with Crippen LogP contribution in [0, 0.1) is 29.1 Å². The van der Waals surface area contributed by atoms with Crippen molar-refractivity contribution in [2.24, 2.45) is 29.1 Å². The first-order valence-electron chi connectivity index (χ1n) is 13.8. The topological polar surface area (TPSA) is 98.7 Å². The van der Waals surface area contributed by atoms with E-state index < -0.39 is 34.2 Å². The molecule has 1 spiro atoms. The molecule has 3 fully saturated rings. The first-order chi connectivity index (χ1) is 16.6. The Hall–Kier alpha value is -1.28. The van der Waals surface area contributed by atoms with Crippen molar-refractivity contribution in [3.63, 3.8) is 0 Å². The average Bonchev–Trinajstić information content (AvgIpc) is 3.31. The summed E-state index contributed by atoms with van der Waals surface area (Å²) in [6.45, 7) is 19.2. The molecule has 2 bridgehead atoms. The zero-order valence-electron chi connectivity index (χ0n) is 23.8. The van der Waals surface area contributed by atoms with E-state index in [0.717, 1.165) is 19.3 Å². The highest BCUT2D eigenvalue weighted by molar-refractivity contribution is 8.02. The minimum absolute atomic E-state index is 0.0182. The number of nitrogens with zero attached hydrogens (tertiary/aromatic N) is 1. The van der Waals surface area contributed by atoms with Gasteiger partial charge in [-0.1, -0.05) is 48.5 Å². The zero-order valence-corrected chi connectivity index (χ0v) is 24.6. The molecule has 3 amide bonds. The van der Waals surface area contributed by atoms with Crippen molar-refractivity contribution in [2.45, 2.75) is 116 Å². The Kier molecular flexibility index (Phi) is 8.52. The van der Waals surface area contributed by atoms with E-state index in [2.05, 4.69) is 52.2 Å². The number of fused-ring (bicyclic) bond motifs is 1.